The van der Waals surface area contributed by atoms with Crippen LogP contribution in [0, 0.1) is 20.8 Å². The van der Waals surface area contributed by atoms with Crippen molar-refractivity contribution in [2.45, 2.75) is 34.6 Å². The molecule has 0 saturated carbocycles. The average Bonchev–Trinajstić information content (AvgIpc) is 3.12. The minimum absolute atomic E-state index is 0.578. The van der Waals surface area contributed by atoms with Crippen LogP contribution in [-0.2, 0) is 0 Å². The Morgan fingerprint density at radius 2 is 1.72 bits per heavy atom. The quantitative estimate of drug-likeness (QED) is 0.511. The summed E-state index contributed by atoms with van der Waals surface area (Å²) in [6.07, 6.45) is 1.86. The third-order valence-electron chi connectivity index (χ3n) is 6.05. The second kappa shape index (κ2) is 5.75. The Bertz CT molecular complexity index is 1330. The molecular weight excluding hydrogens is 367 g/mol. The van der Waals surface area contributed by atoms with Crippen LogP contribution in [-0.4, -0.2) is 26.6 Å². The Morgan fingerprint density at radius 1 is 0.966 bits per heavy atom. The van der Waals surface area contributed by atoms with Gasteiger partial charge in [0.25, 0.3) is 0 Å². The fourth-order valence-corrected chi connectivity index (χ4v) is 4.96. The highest BCUT2D eigenvalue weighted by Gasteiger charge is 2.55. The molecule has 3 nitrogen and oxygen atoms in total. The highest BCUT2D eigenvalue weighted by molar-refractivity contribution is 6.58. The molecule has 0 aliphatic carbocycles. The molecule has 0 bridgehead atoms. The maximum Gasteiger partial charge on any atom is 0.737 e. The molecule has 29 heavy (non-hydrogen) atoms. The van der Waals surface area contributed by atoms with Crippen LogP contribution >= 0.6 is 0 Å². The van der Waals surface area contributed by atoms with Crippen molar-refractivity contribution in [1.82, 2.24) is 9.46 Å². The van der Waals surface area contributed by atoms with Crippen LogP contribution in [0.4, 0.5) is 8.63 Å². The molecule has 2 aromatic heterocycles. The van der Waals surface area contributed by atoms with E-state index in [0.29, 0.717) is 22.8 Å². The van der Waals surface area contributed by atoms with E-state index in [-0.39, 0.29) is 0 Å². The van der Waals surface area contributed by atoms with Crippen LogP contribution < -0.4 is 0 Å². The number of aromatic nitrogens is 2. The van der Waals surface area contributed by atoms with E-state index in [1.807, 2.05) is 57.2 Å². The number of halogens is 2. The smallest absolute Gasteiger partial charge is 0.393 e. The Kier molecular flexibility index (Phi) is 3.58. The molecule has 0 N–H and O–H groups in total. The predicted octanol–water partition coefficient (Wildman–Crippen LogP) is 5.39. The van der Waals surface area contributed by atoms with Crippen molar-refractivity contribution in [2.24, 2.45) is 0 Å². The van der Waals surface area contributed by atoms with Gasteiger partial charge in [0.15, 0.2) is 5.70 Å². The number of pyridine rings is 1. The molecule has 6 heteroatoms. The first-order valence-corrected chi connectivity index (χ1v) is 9.85. The lowest BCUT2D eigenvalue weighted by atomic mass is 9.83. The van der Waals surface area contributed by atoms with Gasteiger partial charge in [-0.3, -0.25) is 4.98 Å². The molecule has 5 rings (SSSR count). The Hall–Kier alpha value is -3.02. The third-order valence-corrected chi connectivity index (χ3v) is 6.05. The van der Waals surface area contributed by atoms with Crippen molar-refractivity contribution in [1.29, 1.82) is 0 Å². The lowest BCUT2D eigenvalue weighted by molar-refractivity contribution is -0.363. The highest BCUT2D eigenvalue weighted by Crippen LogP contribution is 2.44. The zero-order valence-corrected chi connectivity index (χ0v) is 17.2. The predicted molar refractivity (Wildman–Crippen MR) is 114 cm³/mol. The van der Waals surface area contributed by atoms with Crippen LogP contribution in [0.2, 0.25) is 0 Å². The largest absolute Gasteiger partial charge is 0.737 e. The number of hydrogen-bond acceptors (Lipinski definition) is 1. The summed E-state index contributed by atoms with van der Waals surface area (Å²) >= 11 is 0. The van der Waals surface area contributed by atoms with Crippen molar-refractivity contribution in [2.75, 3.05) is 0 Å². The summed E-state index contributed by atoms with van der Waals surface area (Å²) in [6.45, 7) is 5.36. The highest BCUT2D eigenvalue weighted by atomic mass is 19.2. The van der Waals surface area contributed by atoms with E-state index in [1.165, 1.54) is 8.96 Å². The summed E-state index contributed by atoms with van der Waals surface area (Å²) in [4.78, 5) is 4.58. The molecule has 0 spiro atoms. The molecule has 2 aliphatic heterocycles. The number of allylic oxidation sites excluding steroid dienone is 2. The number of hydrogen-bond donors (Lipinski definition) is 0. The number of aryl methyl sites for hydroxylation is 3. The van der Waals surface area contributed by atoms with Crippen LogP contribution in [0.5, 0.6) is 0 Å². The van der Waals surface area contributed by atoms with Crippen molar-refractivity contribution in [3.63, 3.8) is 0 Å². The zero-order chi connectivity index (χ0) is 20.7. The zero-order valence-electron chi connectivity index (χ0n) is 17.2. The minimum atomic E-state index is -3.95. The number of fused-ring (bicyclic) bond motifs is 3. The molecular formula is C23H22BF2N3. The Balaban J connectivity index is 1.90. The molecule has 0 saturated heterocycles. The molecule has 0 fully saturated rings. The van der Waals surface area contributed by atoms with Crippen LogP contribution in [0.3, 0.4) is 0 Å². The summed E-state index contributed by atoms with van der Waals surface area (Å²) in [5.74, 6) is 0. The number of benzene rings is 1. The average molecular weight is 389 g/mol. The summed E-state index contributed by atoms with van der Waals surface area (Å²) in [6, 6.07) is 11.9. The van der Waals surface area contributed by atoms with Gasteiger partial charge in [-0.25, -0.2) is 0 Å². The summed E-state index contributed by atoms with van der Waals surface area (Å²) in [5.41, 5.74) is 7.77. The van der Waals surface area contributed by atoms with E-state index < -0.39 is 6.97 Å². The topological polar surface area (TPSA) is 20.8 Å². The summed E-state index contributed by atoms with van der Waals surface area (Å²) in [7, 11) is 0. The van der Waals surface area contributed by atoms with Gasteiger partial charge in [0.1, 0.15) is 5.71 Å². The van der Waals surface area contributed by atoms with Gasteiger partial charge in [0, 0.05) is 35.3 Å². The van der Waals surface area contributed by atoms with E-state index >= 15 is 8.63 Å². The maximum absolute atomic E-state index is 15.7. The first kappa shape index (κ1) is 18.0. The van der Waals surface area contributed by atoms with Gasteiger partial charge in [-0.15, -0.1) is 0 Å². The SMILES string of the molecule is CC1=CC(C)=[N+]2C1=C(c1ccc3nc(C)ccc3c1)c1c(C)cc(C)n1[B-]2(F)F. The lowest BCUT2D eigenvalue weighted by Crippen LogP contribution is -2.51. The third kappa shape index (κ3) is 2.35. The van der Waals surface area contributed by atoms with Gasteiger partial charge in [0.2, 0.25) is 0 Å². The first-order chi connectivity index (χ1) is 13.7. The molecule has 4 heterocycles. The second-order valence-corrected chi connectivity index (χ2v) is 8.20. The van der Waals surface area contributed by atoms with E-state index in [4.69, 9.17) is 0 Å². The van der Waals surface area contributed by atoms with Crippen molar-refractivity contribution in [3.05, 3.63) is 82.0 Å². The van der Waals surface area contributed by atoms with E-state index in [1.54, 1.807) is 13.8 Å². The fourth-order valence-electron chi connectivity index (χ4n) is 4.96. The first-order valence-electron chi connectivity index (χ1n) is 9.85. The Morgan fingerprint density at radius 3 is 2.48 bits per heavy atom. The molecule has 0 radical (unpaired) electrons. The van der Waals surface area contributed by atoms with Gasteiger partial charge in [-0.05, 0) is 68.8 Å². The van der Waals surface area contributed by atoms with Crippen molar-refractivity contribution < 1.29 is 13.1 Å². The van der Waals surface area contributed by atoms with E-state index in [0.717, 1.165) is 38.9 Å². The summed E-state index contributed by atoms with van der Waals surface area (Å²) < 4.78 is 33.9. The van der Waals surface area contributed by atoms with Crippen LogP contribution in [0.25, 0.3) is 16.5 Å². The standard InChI is InChI=1S/C23H22BF2N3/c1-13-10-16(4)28-22(13)21(23-14(2)11-17(5)29(23)24(28,25)26)19-8-9-20-18(12-19)7-6-15(3)27-20/h6-12H,1-5H3. The normalized spacial score (nSPS) is 17.7. The Labute approximate surface area is 168 Å². The summed E-state index contributed by atoms with van der Waals surface area (Å²) in [5, 5.41) is 1.00. The molecule has 2 aliphatic rings. The maximum atomic E-state index is 15.7. The molecule has 3 aromatic rings. The number of rotatable bonds is 1. The molecule has 0 atom stereocenters. The van der Waals surface area contributed by atoms with Gasteiger partial charge in [0.05, 0.1) is 11.1 Å². The van der Waals surface area contributed by atoms with Crippen molar-refractivity contribution in [3.8, 4) is 0 Å². The fraction of sp³-hybridized carbons (Fsp3) is 0.217. The molecule has 146 valence electrons. The second-order valence-electron chi connectivity index (χ2n) is 8.20. The van der Waals surface area contributed by atoms with Gasteiger partial charge in [-0.1, -0.05) is 12.1 Å². The molecule has 1 aromatic carbocycles. The van der Waals surface area contributed by atoms with Gasteiger partial charge < -0.3 is 17.6 Å². The lowest BCUT2D eigenvalue weighted by Gasteiger charge is -2.34. The van der Waals surface area contributed by atoms with Crippen molar-refractivity contribution >= 4 is 29.2 Å². The number of nitrogens with zero attached hydrogens (tertiary/aromatic N) is 3. The molecule has 0 amide bonds. The van der Waals surface area contributed by atoms with Gasteiger partial charge >= 0.3 is 6.97 Å². The minimum Gasteiger partial charge on any atom is -0.393 e. The monoisotopic (exact) mass is 389 g/mol. The van der Waals surface area contributed by atoms with Gasteiger partial charge in [-0.2, -0.15) is 0 Å². The van der Waals surface area contributed by atoms with E-state index in [9.17, 15) is 0 Å². The molecule has 0 unspecified atom stereocenters. The van der Waals surface area contributed by atoms with Crippen LogP contribution in [0.15, 0.2) is 53.7 Å². The van der Waals surface area contributed by atoms with E-state index in [2.05, 4.69) is 11.1 Å². The van der Waals surface area contributed by atoms with Crippen LogP contribution in [0.1, 0.15) is 42.1 Å².